The standard InChI is InChI=1S/C21H18F3N5O4/c22-21(23,24)17-16(28-19(33-17)12-4-2-1-3-5-12)18(30)26-13-6-7-15(25-10-13)29-9-8-14(11-29)27-20(31)32/h1-7,10,14,27H,8-9,11H2,(H,26,30)(H,31,32)/t14-/m1/s1. The van der Waals surface area contributed by atoms with Crippen LogP contribution in [0.25, 0.3) is 11.5 Å². The van der Waals surface area contributed by atoms with Crippen LogP contribution in [0.15, 0.2) is 53.1 Å². The summed E-state index contributed by atoms with van der Waals surface area (Å²) in [6.45, 7) is 1.01. The minimum atomic E-state index is -4.91. The Hall–Kier alpha value is -4.09. The maximum atomic E-state index is 13.4. The van der Waals surface area contributed by atoms with E-state index in [1.807, 2.05) is 4.90 Å². The first-order chi connectivity index (χ1) is 15.7. The Morgan fingerprint density at radius 3 is 2.55 bits per heavy atom. The number of hydrogen-bond donors (Lipinski definition) is 3. The maximum absolute atomic E-state index is 13.4. The molecule has 1 atom stereocenters. The summed E-state index contributed by atoms with van der Waals surface area (Å²) in [7, 11) is 0. The number of nitrogens with one attached hydrogen (secondary N) is 2. The van der Waals surface area contributed by atoms with Crippen LogP contribution >= 0.6 is 0 Å². The van der Waals surface area contributed by atoms with Crippen molar-refractivity contribution in [2.24, 2.45) is 0 Å². The second-order valence-electron chi connectivity index (χ2n) is 7.30. The number of anilines is 2. The molecule has 0 radical (unpaired) electrons. The van der Waals surface area contributed by atoms with Crippen molar-refractivity contribution in [3.05, 3.63) is 60.1 Å². The normalized spacial score (nSPS) is 16.0. The molecule has 9 nitrogen and oxygen atoms in total. The zero-order valence-corrected chi connectivity index (χ0v) is 17.0. The van der Waals surface area contributed by atoms with Gasteiger partial charge in [0.05, 0.1) is 17.9 Å². The molecular weight excluding hydrogens is 443 g/mol. The lowest BCUT2D eigenvalue weighted by Crippen LogP contribution is -2.36. The first kappa shape index (κ1) is 22.1. The Kier molecular flexibility index (Phi) is 5.90. The summed E-state index contributed by atoms with van der Waals surface area (Å²) in [5.41, 5.74) is -0.414. The molecule has 2 amide bonds. The maximum Gasteiger partial charge on any atom is 0.452 e. The molecule has 1 aliphatic heterocycles. The fourth-order valence-corrected chi connectivity index (χ4v) is 3.47. The van der Waals surface area contributed by atoms with Crippen LogP contribution in [0.2, 0.25) is 0 Å². The van der Waals surface area contributed by atoms with Gasteiger partial charge in [0.2, 0.25) is 11.7 Å². The van der Waals surface area contributed by atoms with Crippen LogP contribution in [0, 0.1) is 0 Å². The molecule has 1 aliphatic rings. The SMILES string of the molecule is O=C(O)N[C@@H]1CCN(c2ccc(NC(=O)c3nc(-c4ccccc4)oc3C(F)(F)F)cn2)C1. The molecule has 0 spiro atoms. The number of amides is 2. The Bertz CT molecular complexity index is 1150. The van der Waals surface area contributed by atoms with Crippen LogP contribution in [0.4, 0.5) is 29.5 Å². The Balaban J connectivity index is 1.49. The van der Waals surface area contributed by atoms with Crippen molar-refractivity contribution in [3.8, 4) is 11.5 Å². The molecular formula is C21H18F3N5O4. The number of halogens is 3. The number of carbonyl (C=O) groups is 2. The molecule has 12 heteroatoms. The molecule has 0 bridgehead atoms. The van der Waals surface area contributed by atoms with Crippen molar-refractivity contribution in [1.82, 2.24) is 15.3 Å². The highest BCUT2D eigenvalue weighted by atomic mass is 19.4. The Morgan fingerprint density at radius 1 is 1.15 bits per heavy atom. The van der Waals surface area contributed by atoms with Gasteiger partial charge in [-0.15, -0.1) is 0 Å². The largest absolute Gasteiger partial charge is 0.465 e. The predicted octanol–water partition coefficient (Wildman–Crippen LogP) is 3.85. The van der Waals surface area contributed by atoms with Gasteiger partial charge in [0.25, 0.3) is 5.91 Å². The number of rotatable bonds is 5. The van der Waals surface area contributed by atoms with Crippen LogP contribution < -0.4 is 15.5 Å². The van der Waals surface area contributed by atoms with Crippen LogP contribution in [-0.2, 0) is 6.18 Å². The summed E-state index contributed by atoms with van der Waals surface area (Å²) in [6.07, 6.45) is -4.10. The first-order valence-corrected chi connectivity index (χ1v) is 9.86. The summed E-state index contributed by atoms with van der Waals surface area (Å²) in [5.74, 6) is -2.35. The zero-order valence-electron chi connectivity index (χ0n) is 17.0. The summed E-state index contributed by atoms with van der Waals surface area (Å²) in [4.78, 5) is 33.2. The molecule has 1 saturated heterocycles. The molecule has 172 valence electrons. The van der Waals surface area contributed by atoms with Crippen molar-refractivity contribution >= 4 is 23.5 Å². The van der Waals surface area contributed by atoms with Crippen molar-refractivity contribution in [2.45, 2.75) is 18.6 Å². The highest BCUT2D eigenvalue weighted by Crippen LogP contribution is 2.35. The summed E-state index contributed by atoms with van der Waals surface area (Å²) in [5, 5.41) is 13.6. The van der Waals surface area contributed by atoms with Gasteiger partial charge in [-0.05, 0) is 30.7 Å². The third-order valence-corrected chi connectivity index (χ3v) is 4.97. The molecule has 0 unspecified atom stereocenters. The number of hydrogen-bond acceptors (Lipinski definition) is 6. The van der Waals surface area contributed by atoms with Crippen LogP contribution in [0.3, 0.4) is 0 Å². The number of pyridine rings is 1. The van der Waals surface area contributed by atoms with E-state index in [-0.39, 0.29) is 17.6 Å². The third kappa shape index (κ3) is 5.05. The van der Waals surface area contributed by atoms with E-state index in [4.69, 9.17) is 9.52 Å². The van der Waals surface area contributed by atoms with E-state index < -0.39 is 29.6 Å². The lowest BCUT2D eigenvalue weighted by atomic mass is 10.2. The molecule has 0 aliphatic carbocycles. The van der Waals surface area contributed by atoms with Crippen LogP contribution in [0.1, 0.15) is 22.7 Å². The van der Waals surface area contributed by atoms with E-state index in [2.05, 4.69) is 20.6 Å². The lowest BCUT2D eigenvalue weighted by Gasteiger charge is -2.17. The van der Waals surface area contributed by atoms with Gasteiger partial charge in [-0.1, -0.05) is 18.2 Å². The van der Waals surface area contributed by atoms with E-state index in [9.17, 15) is 22.8 Å². The van der Waals surface area contributed by atoms with Crippen LogP contribution in [-0.4, -0.2) is 46.2 Å². The first-order valence-electron chi connectivity index (χ1n) is 9.86. The Morgan fingerprint density at radius 2 is 1.91 bits per heavy atom. The average molecular weight is 461 g/mol. The number of carbonyl (C=O) groups excluding carboxylic acids is 1. The highest BCUT2D eigenvalue weighted by Gasteiger charge is 2.42. The smallest absolute Gasteiger partial charge is 0.452 e. The topological polar surface area (TPSA) is 121 Å². The van der Waals surface area contributed by atoms with Gasteiger partial charge in [0.15, 0.2) is 5.69 Å². The van der Waals surface area contributed by atoms with Gasteiger partial charge in [-0.25, -0.2) is 14.8 Å². The number of oxazole rings is 1. The molecule has 1 aromatic carbocycles. The monoisotopic (exact) mass is 461 g/mol. The number of benzene rings is 1. The quantitative estimate of drug-likeness (QED) is 0.528. The van der Waals surface area contributed by atoms with Crippen molar-refractivity contribution < 1.29 is 32.3 Å². The molecule has 3 aromatic rings. The lowest BCUT2D eigenvalue weighted by molar-refractivity contribution is -0.153. The van der Waals surface area contributed by atoms with Gasteiger partial charge in [-0.3, -0.25) is 4.79 Å². The fourth-order valence-electron chi connectivity index (χ4n) is 3.47. The van der Waals surface area contributed by atoms with E-state index in [1.54, 1.807) is 24.3 Å². The summed E-state index contributed by atoms with van der Waals surface area (Å²) >= 11 is 0. The van der Waals surface area contributed by atoms with Gasteiger partial charge in [-0.2, -0.15) is 13.2 Å². The fraction of sp³-hybridized carbons (Fsp3) is 0.238. The molecule has 33 heavy (non-hydrogen) atoms. The summed E-state index contributed by atoms with van der Waals surface area (Å²) < 4.78 is 45.2. The molecule has 0 saturated carbocycles. The van der Waals surface area contributed by atoms with Gasteiger partial charge >= 0.3 is 12.3 Å². The van der Waals surface area contributed by atoms with E-state index in [0.717, 1.165) is 0 Å². The second-order valence-corrected chi connectivity index (χ2v) is 7.30. The number of aromatic nitrogens is 2. The second kappa shape index (κ2) is 8.81. The van der Waals surface area contributed by atoms with Gasteiger partial charge < -0.3 is 25.1 Å². The molecule has 1 fully saturated rings. The molecule has 2 aromatic heterocycles. The van der Waals surface area contributed by atoms with Crippen LogP contribution in [0.5, 0.6) is 0 Å². The van der Waals surface area contributed by atoms with Gasteiger partial charge in [0.1, 0.15) is 5.82 Å². The zero-order chi connectivity index (χ0) is 23.6. The Labute approximate surface area is 185 Å². The highest BCUT2D eigenvalue weighted by molar-refractivity contribution is 6.04. The predicted molar refractivity (Wildman–Crippen MR) is 111 cm³/mol. The number of carboxylic acid groups (broad SMARTS) is 1. The minimum Gasteiger partial charge on any atom is -0.465 e. The van der Waals surface area contributed by atoms with E-state index in [0.29, 0.717) is 30.9 Å². The van der Waals surface area contributed by atoms with Crippen molar-refractivity contribution in [3.63, 3.8) is 0 Å². The number of nitrogens with zero attached hydrogens (tertiary/aromatic N) is 3. The van der Waals surface area contributed by atoms with E-state index in [1.165, 1.54) is 24.4 Å². The molecule has 3 N–H and O–H groups in total. The average Bonchev–Trinajstić information content (AvgIpc) is 3.42. The number of alkyl halides is 3. The summed E-state index contributed by atoms with van der Waals surface area (Å²) in [6, 6.07) is 10.8. The molecule has 3 heterocycles. The minimum absolute atomic E-state index is 0.167. The third-order valence-electron chi connectivity index (χ3n) is 4.97. The van der Waals surface area contributed by atoms with E-state index >= 15 is 0 Å². The molecule has 4 rings (SSSR count). The van der Waals surface area contributed by atoms with Gasteiger partial charge in [0, 0.05) is 18.7 Å². The van der Waals surface area contributed by atoms with Crippen molar-refractivity contribution in [2.75, 3.05) is 23.3 Å². The van der Waals surface area contributed by atoms with Crippen molar-refractivity contribution in [1.29, 1.82) is 0 Å².